The summed E-state index contributed by atoms with van der Waals surface area (Å²) >= 11 is 1.29. The summed E-state index contributed by atoms with van der Waals surface area (Å²) < 4.78 is 0.833. The molecule has 1 aliphatic rings. The van der Waals surface area contributed by atoms with Gasteiger partial charge in [0.05, 0.1) is 5.56 Å². The highest BCUT2D eigenvalue weighted by Crippen LogP contribution is 2.36. The van der Waals surface area contributed by atoms with Gasteiger partial charge < -0.3 is 15.7 Å². The van der Waals surface area contributed by atoms with Gasteiger partial charge in [-0.2, -0.15) is 0 Å². The molecular weight excluding hydrogens is 450 g/mol. The molecule has 4 N–H and O–H groups in total. The molecule has 7 nitrogen and oxygen atoms in total. The first-order valence-corrected chi connectivity index (χ1v) is 12.4. The number of hydrogen-bond acceptors (Lipinski definition) is 4. The molecule has 1 atom stereocenters. The number of carboxylic acids is 1. The monoisotopic (exact) mass is 479 g/mol. The fraction of sp³-hybridized carbons (Fsp3) is 0.346. The number of thiophene rings is 1. The molecule has 0 aliphatic heterocycles. The number of carbonyl (C=O) groups excluding carboxylic acids is 2. The zero-order valence-corrected chi connectivity index (χ0v) is 20.1. The summed E-state index contributed by atoms with van der Waals surface area (Å²) in [6, 6.07) is 11.7. The van der Waals surface area contributed by atoms with Crippen LogP contribution in [0.5, 0.6) is 0 Å². The van der Waals surface area contributed by atoms with Crippen LogP contribution in [-0.4, -0.2) is 29.1 Å². The van der Waals surface area contributed by atoms with Gasteiger partial charge in [0.1, 0.15) is 11.0 Å². The Kier molecular flexibility index (Phi) is 7.17. The van der Waals surface area contributed by atoms with Gasteiger partial charge in [-0.05, 0) is 49.8 Å². The second kappa shape index (κ2) is 10.3. The van der Waals surface area contributed by atoms with Crippen molar-refractivity contribution < 1.29 is 19.5 Å². The van der Waals surface area contributed by atoms with Crippen molar-refractivity contribution in [1.82, 2.24) is 5.32 Å². The number of carbonyl (C=O) groups is 3. The van der Waals surface area contributed by atoms with E-state index in [1.165, 1.54) is 11.3 Å². The summed E-state index contributed by atoms with van der Waals surface area (Å²) in [6.07, 6.45) is 4.60. The third-order valence-electron chi connectivity index (χ3n) is 6.44. The van der Waals surface area contributed by atoms with Crippen molar-refractivity contribution >= 4 is 50.0 Å². The number of aliphatic carboxylic acids is 1. The second-order valence-electron chi connectivity index (χ2n) is 8.84. The smallest absolute Gasteiger partial charge is 0.326 e. The van der Waals surface area contributed by atoms with E-state index in [4.69, 9.17) is 0 Å². The highest BCUT2D eigenvalue weighted by molar-refractivity contribution is 7.23. The number of rotatable bonds is 6. The lowest BCUT2D eigenvalue weighted by Crippen LogP contribution is -2.46. The number of anilines is 2. The van der Waals surface area contributed by atoms with E-state index in [2.05, 4.69) is 16.0 Å². The van der Waals surface area contributed by atoms with Crippen LogP contribution in [0.1, 0.15) is 53.6 Å². The zero-order valence-electron chi connectivity index (χ0n) is 19.3. The molecule has 8 heteroatoms. The lowest BCUT2D eigenvalue weighted by atomic mass is 9.84. The molecule has 2 aromatic carbocycles. The van der Waals surface area contributed by atoms with Gasteiger partial charge >= 0.3 is 12.0 Å². The fourth-order valence-corrected chi connectivity index (χ4v) is 5.78. The summed E-state index contributed by atoms with van der Waals surface area (Å²) in [6.45, 7) is 3.83. The van der Waals surface area contributed by atoms with Gasteiger partial charge in [-0.15, -0.1) is 11.3 Å². The molecule has 3 aromatic rings. The number of benzene rings is 2. The van der Waals surface area contributed by atoms with Crippen LogP contribution in [0.25, 0.3) is 10.1 Å². The lowest BCUT2D eigenvalue weighted by molar-refractivity contribution is -0.141. The third kappa shape index (κ3) is 5.07. The summed E-state index contributed by atoms with van der Waals surface area (Å²) in [5, 5.41) is 19.4. The number of aryl methyl sites for hydroxylation is 2. The average Bonchev–Trinajstić information content (AvgIpc) is 3.18. The van der Waals surface area contributed by atoms with Gasteiger partial charge in [0, 0.05) is 15.8 Å². The van der Waals surface area contributed by atoms with Gasteiger partial charge in [-0.25, -0.2) is 9.59 Å². The van der Waals surface area contributed by atoms with Crippen molar-refractivity contribution in [1.29, 1.82) is 0 Å². The predicted octanol–water partition coefficient (Wildman–Crippen LogP) is 5.93. The normalized spacial score (nSPS) is 15.0. The molecule has 34 heavy (non-hydrogen) atoms. The van der Waals surface area contributed by atoms with Gasteiger partial charge in [-0.3, -0.25) is 10.1 Å². The summed E-state index contributed by atoms with van der Waals surface area (Å²) in [5.41, 5.74) is 2.87. The van der Waals surface area contributed by atoms with Crippen molar-refractivity contribution in [3.05, 3.63) is 59.2 Å². The van der Waals surface area contributed by atoms with Crippen LogP contribution < -0.4 is 16.0 Å². The Morgan fingerprint density at radius 1 is 0.941 bits per heavy atom. The average molecular weight is 480 g/mol. The molecule has 1 aliphatic carbocycles. The van der Waals surface area contributed by atoms with E-state index in [9.17, 15) is 19.5 Å². The van der Waals surface area contributed by atoms with E-state index in [0.29, 0.717) is 16.0 Å². The summed E-state index contributed by atoms with van der Waals surface area (Å²) in [4.78, 5) is 38.3. The van der Waals surface area contributed by atoms with Crippen LogP contribution in [0.15, 0.2) is 42.5 Å². The molecule has 178 valence electrons. The van der Waals surface area contributed by atoms with Crippen LogP contribution in [0.3, 0.4) is 0 Å². The maximum Gasteiger partial charge on any atom is 0.326 e. The Bertz CT molecular complexity index is 1210. The largest absolute Gasteiger partial charge is 0.480 e. The van der Waals surface area contributed by atoms with Crippen LogP contribution in [0.4, 0.5) is 15.5 Å². The highest BCUT2D eigenvalue weighted by Gasteiger charge is 2.32. The van der Waals surface area contributed by atoms with Crippen molar-refractivity contribution in [2.45, 2.75) is 52.0 Å². The molecule has 4 rings (SSSR count). The van der Waals surface area contributed by atoms with Crippen molar-refractivity contribution in [2.75, 3.05) is 10.6 Å². The summed E-state index contributed by atoms with van der Waals surface area (Å²) in [5.74, 6) is -1.61. The highest BCUT2D eigenvalue weighted by atomic mass is 32.1. The molecule has 0 bridgehead atoms. The molecule has 1 aromatic heterocycles. The number of carboxylic acid groups (broad SMARTS) is 1. The van der Waals surface area contributed by atoms with Gasteiger partial charge in [0.15, 0.2) is 0 Å². The topological polar surface area (TPSA) is 108 Å². The molecule has 1 heterocycles. The molecule has 1 saturated carbocycles. The number of para-hydroxylation sites is 1. The lowest BCUT2D eigenvalue weighted by Gasteiger charge is -2.28. The quantitative estimate of drug-likeness (QED) is 0.352. The molecule has 0 radical (unpaired) electrons. The van der Waals surface area contributed by atoms with Gasteiger partial charge in [0.2, 0.25) is 0 Å². The van der Waals surface area contributed by atoms with Gasteiger partial charge in [0.25, 0.3) is 5.91 Å². The van der Waals surface area contributed by atoms with E-state index in [1.54, 1.807) is 0 Å². The maximum absolute atomic E-state index is 13.4. The van der Waals surface area contributed by atoms with E-state index < -0.39 is 23.9 Å². The summed E-state index contributed by atoms with van der Waals surface area (Å²) in [7, 11) is 0. The van der Waals surface area contributed by atoms with Crippen LogP contribution >= 0.6 is 11.3 Å². The second-order valence-corrected chi connectivity index (χ2v) is 9.89. The molecule has 1 fully saturated rings. The number of amides is 3. The Balaban J connectivity index is 1.61. The molecule has 0 spiro atoms. The molecule has 0 saturated heterocycles. The van der Waals surface area contributed by atoms with Crippen molar-refractivity contribution in [3.8, 4) is 0 Å². The zero-order chi connectivity index (χ0) is 24.2. The number of nitrogens with one attached hydrogen (secondary N) is 3. The third-order valence-corrected chi connectivity index (χ3v) is 7.53. The number of hydrogen-bond donors (Lipinski definition) is 4. The van der Waals surface area contributed by atoms with Crippen molar-refractivity contribution in [2.24, 2.45) is 5.92 Å². The minimum atomic E-state index is -1.03. The minimum Gasteiger partial charge on any atom is -0.480 e. The Morgan fingerprint density at radius 3 is 2.29 bits per heavy atom. The minimum absolute atomic E-state index is 0.0937. The van der Waals surface area contributed by atoms with E-state index in [1.807, 2.05) is 56.3 Å². The van der Waals surface area contributed by atoms with E-state index >= 15 is 0 Å². The van der Waals surface area contributed by atoms with Crippen LogP contribution in [-0.2, 0) is 4.79 Å². The van der Waals surface area contributed by atoms with Crippen LogP contribution in [0, 0.1) is 19.8 Å². The Labute approximate surface area is 202 Å². The number of urea groups is 1. The Hall–Kier alpha value is -3.39. The van der Waals surface area contributed by atoms with E-state index in [-0.39, 0.29) is 5.92 Å². The molecule has 0 unspecified atom stereocenters. The van der Waals surface area contributed by atoms with Crippen LogP contribution in [0.2, 0.25) is 0 Å². The first kappa shape index (κ1) is 23.8. The Morgan fingerprint density at radius 2 is 1.62 bits per heavy atom. The maximum atomic E-state index is 13.4. The van der Waals surface area contributed by atoms with E-state index in [0.717, 1.165) is 53.6 Å². The molecular formula is C26H29N3O4S. The standard InChI is InChI=1S/C26H29N3O4S/c1-15-9-8-10-16(2)21(15)28-26(33)29-24-20(18-13-6-7-14-19(18)34-24)23(30)27-22(25(31)32)17-11-4-3-5-12-17/h6-10,13-14,17,22H,3-5,11-12H2,1-2H3,(H,27,30)(H,31,32)(H2,28,29,33)/t22-/m0/s1. The number of fused-ring (bicyclic) bond motifs is 1. The SMILES string of the molecule is Cc1cccc(C)c1NC(=O)Nc1sc2ccccc2c1C(=O)N[C@H](C(=O)O)C1CCCCC1. The fourth-order valence-electron chi connectivity index (χ4n) is 4.68. The van der Waals surface area contributed by atoms with Gasteiger partial charge in [-0.1, -0.05) is 55.7 Å². The first-order valence-electron chi connectivity index (χ1n) is 11.5. The first-order chi connectivity index (χ1) is 16.3. The molecule has 3 amide bonds. The van der Waals surface area contributed by atoms with Crippen molar-refractivity contribution in [3.63, 3.8) is 0 Å². The predicted molar refractivity (Wildman–Crippen MR) is 136 cm³/mol.